The summed E-state index contributed by atoms with van der Waals surface area (Å²) in [6, 6.07) is 12.6. The second-order valence-electron chi connectivity index (χ2n) is 4.48. The SMILES string of the molecule is COc1nn2cc(-c3ccc(-c4cccs4)cc3)nc2s1. The molecule has 0 fully saturated rings. The van der Waals surface area contributed by atoms with Crippen LogP contribution >= 0.6 is 22.7 Å². The number of thiophene rings is 1. The summed E-state index contributed by atoms with van der Waals surface area (Å²) in [7, 11) is 1.61. The average molecular weight is 313 g/mol. The third-order valence-electron chi connectivity index (χ3n) is 3.19. The zero-order chi connectivity index (χ0) is 14.2. The minimum absolute atomic E-state index is 0.622. The zero-order valence-corrected chi connectivity index (χ0v) is 12.8. The Kier molecular flexibility index (Phi) is 2.98. The number of fused-ring (bicyclic) bond motifs is 1. The van der Waals surface area contributed by atoms with Crippen molar-refractivity contribution in [2.45, 2.75) is 0 Å². The third kappa shape index (κ3) is 2.22. The molecule has 0 atom stereocenters. The highest BCUT2D eigenvalue weighted by atomic mass is 32.1. The quantitative estimate of drug-likeness (QED) is 0.569. The number of ether oxygens (including phenoxy) is 1. The first kappa shape index (κ1) is 12.6. The van der Waals surface area contributed by atoms with Crippen LogP contribution in [0.3, 0.4) is 0 Å². The van der Waals surface area contributed by atoms with E-state index in [1.54, 1.807) is 23.0 Å². The van der Waals surface area contributed by atoms with Gasteiger partial charge in [0.25, 0.3) is 5.19 Å². The van der Waals surface area contributed by atoms with Gasteiger partial charge in [-0.05, 0) is 28.3 Å². The van der Waals surface area contributed by atoms with Gasteiger partial charge in [0.05, 0.1) is 19.0 Å². The molecule has 0 saturated heterocycles. The second-order valence-corrected chi connectivity index (χ2v) is 6.35. The molecule has 0 saturated carbocycles. The van der Waals surface area contributed by atoms with E-state index in [2.05, 4.69) is 51.9 Å². The summed E-state index contributed by atoms with van der Waals surface area (Å²) in [5, 5.41) is 7.00. The van der Waals surface area contributed by atoms with E-state index in [0.29, 0.717) is 5.19 Å². The van der Waals surface area contributed by atoms with Gasteiger partial charge >= 0.3 is 0 Å². The Hall–Kier alpha value is -2.18. The van der Waals surface area contributed by atoms with Gasteiger partial charge < -0.3 is 4.74 Å². The molecule has 0 amide bonds. The molecule has 0 aliphatic carbocycles. The van der Waals surface area contributed by atoms with Crippen molar-refractivity contribution < 1.29 is 4.74 Å². The lowest BCUT2D eigenvalue weighted by molar-refractivity contribution is 0.405. The maximum atomic E-state index is 5.11. The first-order valence-electron chi connectivity index (χ1n) is 6.38. The van der Waals surface area contributed by atoms with Crippen molar-refractivity contribution in [3.63, 3.8) is 0 Å². The van der Waals surface area contributed by atoms with Gasteiger partial charge in [0.2, 0.25) is 4.96 Å². The van der Waals surface area contributed by atoms with Crippen LogP contribution in [-0.4, -0.2) is 21.7 Å². The van der Waals surface area contributed by atoms with Gasteiger partial charge in [-0.15, -0.1) is 16.4 Å². The molecule has 4 rings (SSSR count). The van der Waals surface area contributed by atoms with Crippen LogP contribution in [0.4, 0.5) is 0 Å². The third-order valence-corrected chi connectivity index (χ3v) is 4.99. The molecule has 4 nitrogen and oxygen atoms in total. The number of imidazole rings is 1. The summed E-state index contributed by atoms with van der Waals surface area (Å²) in [4.78, 5) is 6.70. The summed E-state index contributed by atoms with van der Waals surface area (Å²) in [6.07, 6.45) is 1.93. The van der Waals surface area contributed by atoms with E-state index < -0.39 is 0 Å². The summed E-state index contributed by atoms with van der Waals surface area (Å²) >= 11 is 3.18. The van der Waals surface area contributed by atoms with Crippen LogP contribution in [0, 0.1) is 0 Å². The highest BCUT2D eigenvalue weighted by molar-refractivity contribution is 7.18. The van der Waals surface area contributed by atoms with Crippen LogP contribution in [0.5, 0.6) is 5.19 Å². The van der Waals surface area contributed by atoms with Crippen LogP contribution < -0.4 is 4.74 Å². The van der Waals surface area contributed by atoms with Gasteiger partial charge in [0.1, 0.15) is 0 Å². The summed E-state index contributed by atoms with van der Waals surface area (Å²) in [5.41, 5.74) is 3.25. The highest BCUT2D eigenvalue weighted by Gasteiger charge is 2.10. The Bertz CT molecular complexity index is 844. The number of benzene rings is 1. The Labute approximate surface area is 129 Å². The predicted molar refractivity (Wildman–Crippen MR) is 86.2 cm³/mol. The van der Waals surface area contributed by atoms with E-state index in [0.717, 1.165) is 16.2 Å². The fourth-order valence-corrected chi connectivity index (χ4v) is 3.58. The minimum atomic E-state index is 0.622. The van der Waals surface area contributed by atoms with Crippen LogP contribution in [0.1, 0.15) is 0 Å². The number of hydrogen-bond donors (Lipinski definition) is 0. The average Bonchev–Trinajstić information content (AvgIpc) is 3.22. The Balaban J connectivity index is 1.69. The van der Waals surface area contributed by atoms with Crippen molar-refractivity contribution in [1.29, 1.82) is 0 Å². The molecular formula is C15H11N3OS2. The van der Waals surface area contributed by atoms with Gasteiger partial charge in [-0.2, -0.15) is 0 Å². The minimum Gasteiger partial charge on any atom is -0.472 e. The molecule has 3 heterocycles. The fourth-order valence-electron chi connectivity index (χ4n) is 2.15. The molecule has 21 heavy (non-hydrogen) atoms. The molecular weight excluding hydrogens is 302 g/mol. The van der Waals surface area contributed by atoms with Crippen LogP contribution in [-0.2, 0) is 0 Å². The van der Waals surface area contributed by atoms with E-state index in [1.807, 2.05) is 6.20 Å². The molecule has 0 aliphatic heterocycles. The molecule has 0 spiro atoms. The molecule has 0 unspecified atom stereocenters. The molecule has 3 aromatic heterocycles. The number of rotatable bonds is 3. The maximum absolute atomic E-state index is 5.11. The Morgan fingerprint density at radius 3 is 2.57 bits per heavy atom. The molecule has 0 N–H and O–H groups in total. The maximum Gasteiger partial charge on any atom is 0.294 e. The fraction of sp³-hybridized carbons (Fsp3) is 0.0667. The summed E-state index contributed by atoms with van der Waals surface area (Å²) in [5.74, 6) is 0. The molecule has 0 radical (unpaired) electrons. The smallest absolute Gasteiger partial charge is 0.294 e. The molecule has 0 aliphatic rings. The second kappa shape index (κ2) is 4.98. The monoisotopic (exact) mass is 313 g/mol. The number of methoxy groups -OCH3 is 1. The van der Waals surface area contributed by atoms with E-state index in [1.165, 1.54) is 21.8 Å². The van der Waals surface area contributed by atoms with Gasteiger partial charge in [-0.1, -0.05) is 30.3 Å². The molecule has 104 valence electrons. The van der Waals surface area contributed by atoms with Crippen molar-refractivity contribution >= 4 is 27.6 Å². The van der Waals surface area contributed by atoms with Crippen molar-refractivity contribution in [1.82, 2.24) is 14.6 Å². The molecule has 6 heteroatoms. The van der Waals surface area contributed by atoms with Gasteiger partial charge in [0.15, 0.2) is 0 Å². The number of nitrogens with zero attached hydrogens (tertiary/aromatic N) is 3. The van der Waals surface area contributed by atoms with Gasteiger partial charge in [-0.3, -0.25) is 0 Å². The Morgan fingerprint density at radius 2 is 1.90 bits per heavy atom. The highest BCUT2D eigenvalue weighted by Crippen LogP contribution is 2.29. The normalized spacial score (nSPS) is 11.1. The lowest BCUT2D eigenvalue weighted by Gasteiger charge is -1.99. The van der Waals surface area contributed by atoms with Crippen molar-refractivity contribution in [2.75, 3.05) is 7.11 Å². The Morgan fingerprint density at radius 1 is 1.10 bits per heavy atom. The lowest BCUT2D eigenvalue weighted by atomic mass is 10.1. The summed E-state index contributed by atoms with van der Waals surface area (Å²) in [6.45, 7) is 0. The van der Waals surface area contributed by atoms with E-state index in [9.17, 15) is 0 Å². The van der Waals surface area contributed by atoms with Crippen molar-refractivity contribution in [2.24, 2.45) is 0 Å². The zero-order valence-electron chi connectivity index (χ0n) is 11.2. The van der Waals surface area contributed by atoms with Crippen LogP contribution in [0.15, 0.2) is 48.0 Å². The number of aromatic nitrogens is 3. The van der Waals surface area contributed by atoms with Crippen LogP contribution in [0.25, 0.3) is 26.7 Å². The van der Waals surface area contributed by atoms with Gasteiger partial charge in [0, 0.05) is 10.4 Å². The van der Waals surface area contributed by atoms with Crippen LogP contribution in [0.2, 0.25) is 0 Å². The predicted octanol–water partition coefficient (Wildman–Crippen LogP) is 4.19. The van der Waals surface area contributed by atoms with E-state index in [4.69, 9.17) is 4.74 Å². The van der Waals surface area contributed by atoms with E-state index in [-0.39, 0.29) is 0 Å². The van der Waals surface area contributed by atoms with Crippen molar-refractivity contribution in [3.8, 4) is 26.9 Å². The number of hydrogen-bond acceptors (Lipinski definition) is 5. The molecule has 1 aromatic carbocycles. The van der Waals surface area contributed by atoms with E-state index >= 15 is 0 Å². The standard InChI is InChI=1S/C15H11N3OS2/c1-19-15-17-18-9-12(16-14(18)21-15)10-4-6-11(7-5-10)13-3-2-8-20-13/h2-9H,1H3. The first-order chi connectivity index (χ1) is 10.3. The molecule has 4 aromatic rings. The first-order valence-corrected chi connectivity index (χ1v) is 8.07. The lowest BCUT2D eigenvalue weighted by Crippen LogP contribution is -1.84. The largest absolute Gasteiger partial charge is 0.472 e. The summed E-state index contributed by atoms with van der Waals surface area (Å²) < 4.78 is 6.86. The topological polar surface area (TPSA) is 39.4 Å². The van der Waals surface area contributed by atoms with Crippen molar-refractivity contribution in [3.05, 3.63) is 48.0 Å². The molecule has 0 bridgehead atoms. The van der Waals surface area contributed by atoms with Gasteiger partial charge in [-0.25, -0.2) is 9.50 Å².